The van der Waals surface area contributed by atoms with Gasteiger partial charge in [-0.3, -0.25) is 0 Å². The first-order valence-electron chi connectivity index (χ1n) is 4.96. The molecule has 2 atom stereocenters. The van der Waals surface area contributed by atoms with Crippen molar-refractivity contribution in [3.8, 4) is 0 Å². The van der Waals surface area contributed by atoms with Crippen LogP contribution in [-0.2, 0) is 4.57 Å². The lowest BCUT2D eigenvalue weighted by atomic mass is 9.94. The molecule has 0 radical (unpaired) electrons. The van der Waals surface area contributed by atoms with Crippen molar-refractivity contribution < 1.29 is 14.6 Å². The molecule has 16 heavy (non-hydrogen) atoms. The van der Waals surface area contributed by atoms with Crippen LogP contribution < -0.4 is 0 Å². The van der Waals surface area contributed by atoms with E-state index in [1.165, 1.54) is 0 Å². The molecule has 4 heteroatoms. The number of hydrogen-bond acceptors (Lipinski definition) is 2. The molecule has 0 spiro atoms. The summed E-state index contributed by atoms with van der Waals surface area (Å²) in [7, 11) is -2.68. The Kier molecular flexibility index (Phi) is 3.01. The maximum absolute atomic E-state index is 11.3. The van der Waals surface area contributed by atoms with E-state index in [9.17, 15) is 14.6 Å². The van der Waals surface area contributed by atoms with Gasteiger partial charge in [-0.1, -0.05) is 48.6 Å². The number of rotatable bonds is 2. The molecule has 0 aliphatic heterocycles. The maximum Gasteiger partial charge on any atom is 0.546 e. The van der Waals surface area contributed by atoms with Crippen LogP contribution in [0.4, 0.5) is 0 Å². The molecule has 0 aromatic heterocycles. The molecule has 82 valence electrons. The topological polar surface area (TPSA) is 57.5 Å². The normalized spacial score (nSPS) is 25.1. The molecule has 0 saturated carbocycles. The highest BCUT2D eigenvalue weighted by molar-refractivity contribution is 7.40. The van der Waals surface area contributed by atoms with E-state index in [4.69, 9.17) is 0 Å². The fourth-order valence-corrected chi connectivity index (χ4v) is 2.44. The maximum atomic E-state index is 11.3. The van der Waals surface area contributed by atoms with E-state index >= 15 is 0 Å². The summed E-state index contributed by atoms with van der Waals surface area (Å²) in [5.74, 6) is 0. The second-order valence-electron chi connectivity index (χ2n) is 3.67. The fraction of sp³-hybridized carbons (Fsp3) is 0.167. The molecule has 1 aliphatic rings. The van der Waals surface area contributed by atoms with Crippen molar-refractivity contribution >= 4 is 13.6 Å². The molecule has 1 aromatic rings. The number of allylic oxidation sites excluding steroid dienone is 2. The molecule has 2 unspecified atom stereocenters. The zero-order valence-corrected chi connectivity index (χ0v) is 9.47. The van der Waals surface area contributed by atoms with Crippen molar-refractivity contribution in [1.82, 2.24) is 0 Å². The Bertz CT molecular complexity index is 464. The Morgan fingerprint density at radius 3 is 2.56 bits per heavy atom. The average Bonchev–Trinajstić information content (AvgIpc) is 2.30. The predicted molar refractivity (Wildman–Crippen MR) is 63.0 cm³/mol. The Morgan fingerprint density at radius 1 is 1.25 bits per heavy atom. The van der Waals surface area contributed by atoms with Gasteiger partial charge in [0.1, 0.15) is 0 Å². The van der Waals surface area contributed by atoms with Crippen molar-refractivity contribution in [2.75, 3.05) is 0 Å². The van der Waals surface area contributed by atoms with Gasteiger partial charge in [-0.2, -0.15) is 4.89 Å². The highest BCUT2D eigenvalue weighted by Gasteiger charge is 2.51. The largest absolute Gasteiger partial charge is 0.546 e. The Balaban J connectivity index is 2.49. The van der Waals surface area contributed by atoms with E-state index in [1.807, 2.05) is 30.3 Å². The fourth-order valence-electron chi connectivity index (χ4n) is 1.77. The summed E-state index contributed by atoms with van der Waals surface area (Å²) in [5.41, 5.74) is 1.27. The summed E-state index contributed by atoms with van der Waals surface area (Å²) >= 11 is 0. The van der Waals surface area contributed by atoms with Crippen LogP contribution in [0.1, 0.15) is 12.0 Å². The first kappa shape index (κ1) is 11.2. The van der Waals surface area contributed by atoms with Crippen molar-refractivity contribution in [1.29, 1.82) is 0 Å². The van der Waals surface area contributed by atoms with Crippen LogP contribution in [0.2, 0.25) is 0 Å². The molecule has 2 N–H and O–H groups in total. The van der Waals surface area contributed by atoms with Crippen LogP contribution in [0.25, 0.3) is 5.57 Å². The summed E-state index contributed by atoms with van der Waals surface area (Å²) < 4.78 is 11.3. The highest BCUT2D eigenvalue weighted by Crippen LogP contribution is 2.47. The number of benzene rings is 1. The molecule has 0 heterocycles. The lowest BCUT2D eigenvalue weighted by Gasteiger charge is -2.20. The first-order chi connectivity index (χ1) is 7.64. The van der Waals surface area contributed by atoms with Crippen molar-refractivity contribution in [3.05, 3.63) is 54.1 Å². The van der Waals surface area contributed by atoms with E-state index in [2.05, 4.69) is 0 Å². The van der Waals surface area contributed by atoms with Gasteiger partial charge in [-0.15, -0.1) is 0 Å². The third-order valence-corrected chi connectivity index (χ3v) is 3.69. The molecule has 0 bridgehead atoms. The average molecular weight is 235 g/mol. The summed E-state index contributed by atoms with van der Waals surface area (Å²) in [5, 5.41) is 8.55. The van der Waals surface area contributed by atoms with E-state index in [-0.39, 0.29) is 6.42 Å². The Hall–Kier alpha value is -1.28. The third-order valence-electron chi connectivity index (χ3n) is 2.63. The van der Waals surface area contributed by atoms with E-state index in [0.717, 1.165) is 5.56 Å². The van der Waals surface area contributed by atoms with Crippen LogP contribution in [0.3, 0.4) is 0 Å². The minimum Gasteiger partial charge on any atom is -0.342 e. The zero-order valence-electron chi connectivity index (χ0n) is 8.58. The second kappa shape index (κ2) is 4.30. The van der Waals surface area contributed by atoms with Gasteiger partial charge in [-0.05, 0) is 10.1 Å². The summed E-state index contributed by atoms with van der Waals surface area (Å²) in [4.78, 5) is 9.25. The smallest absolute Gasteiger partial charge is 0.342 e. The van der Waals surface area contributed by atoms with Gasteiger partial charge < -0.3 is 5.11 Å². The minimum atomic E-state index is -2.68. The number of hydrogen-bond donors (Lipinski definition) is 2. The monoisotopic (exact) mass is 235 g/mol. The van der Waals surface area contributed by atoms with Gasteiger partial charge in [0.05, 0.1) is 0 Å². The van der Waals surface area contributed by atoms with Crippen LogP contribution in [0.15, 0.2) is 48.6 Å². The Labute approximate surface area is 94.6 Å². The molecule has 0 amide bonds. The van der Waals surface area contributed by atoms with Crippen molar-refractivity contribution in [3.63, 3.8) is 0 Å². The standard InChI is InChI=1S/C12H11O3P/c13-12(16(14)15)9-5-4-8-11(12)10-6-2-1-3-7-10/h1-8,13H,9H2/p+1. The molecule has 1 aliphatic carbocycles. The summed E-state index contributed by atoms with van der Waals surface area (Å²) in [6, 6.07) is 9.16. The lowest BCUT2D eigenvalue weighted by Crippen LogP contribution is -2.26. The van der Waals surface area contributed by atoms with Gasteiger partial charge in [0.15, 0.2) is 0 Å². The van der Waals surface area contributed by atoms with Crippen molar-refractivity contribution in [2.45, 2.75) is 11.8 Å². The van der Waals surface area contributed by atoms with Gasteiger partial charge in [0, 0.05) is 12.0 Å². The van der Waals surface area contributed by atoms with Gasteiger partial charge in [0.25, 0.3) is 0 Å². The SMILES string of the molecule is O=[P+](O)C1(O)CC=CC=C1c1ccccc1. The molecule has 0 fully saturated rings. The Morgan fingerprint density at radius 2 is 1.94 bits per heavy atom. The van der Waals surface area contributed by atoms with E-state index in [1.54, 1.807) is 18.2 Å². The highest BCUT2D eigenvalue weighted by atomic mass is 31.1. The van der Waals surface area contributed by atoms with Crippen LogP contribution in [-0.4, -0.2) is 15.3 Å². The summed E-state index contributed by atoms with van der Waals surface area (Å²) in [6.45, 7) is 0. The van der Waals surface area contributed by atoms with Crippen LogP contribution in [0.5, 0.6) is 0 Å². The van der Waals surface area contributed by atoms with Gasteiger partial charge in [-0.25, -0.2) is 0 Å². The molecular formula is C12H12O3P+. The van der Waals surface area contributed by atoms with E-state index in [0.29, 0.717) is 5.57 Å². The summed E-state index contributed by atoms with van der Waals surface area (Å²) in [6.07, 6.45) is 5.33. The van der Waals surface area contributed by atoms with Crippen LogP contribution >= 0.6 is 8.03 Å². The predicted octanol–water partition coefficient (Wildman–Crippen LogP) is 2.45. The number of aliphatic hydroxyl groups is 1. The van der Waals surface area contributed by atoms with Gasteiger partial charge in [0.2, 0.25) is 0 Å². The molecule has 3 nitrogen and oxygen atoms in total. The lowest BCUT2D eigenvalue weighted by molar-refractivity contribution is 0.176. The van der Waals surface area contributed by atoms with Crippen LogP contribution in [0, 0.1) is 0 Å². The molecule has 0 saturated heterocycles. The molecular weight excluding hydrogens is 223 g/mol. The third kappa shape index (κ3) is 1.85. The van der Waals surface area contributed by atoms with Crippen molar-refractivity contribution in [2.24, 2.45) is 0 Å². The van der Waals surface area contributed by atoms with Gasteiger partial charge >= 0.3 is 13.4 Å². The quantitative estimate of drug-likeness (QED) is 0.774. The minimum absolute atomic E-state index is 0.166. The molecule has 1 aromatic carbocycles. The molecule has 2 rings (SSSR count). The second-order valence-corrected chi connectivity index (χ2v) is 4.95. The first-order valence-corrected chi connectivity index (χ1v) is 6.17. The zero-order chi connectivity index (χ0) is 11.6. The van der Waals surface area contributed by atoms with E-state index < -0.39 is 13.4 Å².